The Hall–Kier alpha value is -2.54. The molecule has 0 bridgehead atoms. The van der Waals surface area contributed by atoms with Gasteiger partial charge in [0.05, 0.1) is 6.10 Å². The van der Waals surface area contributed by atoms with Crippen LogP contribution in [0.25, 0.3) is 0 Å². The highest BCUT2D eigenvalue weighted by molar-refractivity contribution is 5.87. The highest BCUT2D eigenvalue weighted by atomic mass is 16.6. The molecule has 0 aromatic carbocycles. The molecule has 0 radical (unpaired) electrons. The number of hydrogen-bond donors (Lipinski definition) is 1. The highest BCUT2D eigenvalue weighted by Gasteiger charge is 2.32. The number of rotatable bonds is 6. The largest absolute Gasteiger partial charge is 0.477 e. The molecule has 2 heterocycles. The standard InChI is InChI=1S/C15H15NO6/c17-8-2-4-14(18)21-10-12-5-6-13(22-12)16-7-1-3-11(9-16)15(19)20/h1-4,7-9,12-13H,5-6,10H2/p+1/b4-2+. The van der Waals surface area contributed by atoms with Gasteiger partial charge >= 0.3 is 11.9 Å². The van der Waals surface area contributed by atoms with E-state index in [1.165, 1.54) is 12.3 Å². The van der Waals surface area contributed by atoms with Crippen molar-refractivity contribution >= 4 is 18.2 Å². The van der Waals surface area contributed by atoms with Crippen LogP contribution in [-0.2, 0) is 19.1 Å². The molecule has 22 heavy (non-hydrogen) atoms. The third-order valence-corrected chi connectivity index (χ3v) is 3.21. The molecule has 2 atom stereocenters. The fraction of sp³-hybridized carbons (Fsp3) is 0.333. The SMILES string of the molecule is O=C/C=C/C(=O)OCC1CCC([n+]2cccc(C(=O)O)c2)O1. The number of ether oxygens (including phenoxy) is 2. The molecule has 2 unspecified atom stereocenters. The van der Waals surface area contributed by atoms with Gasteiger partial charge in [0.2, 0.25) is 0 Å². The third-order valence-electron chi connectivity index (χ3n) is 3.21. The lowest BCUT2D eigenvalue weighted by Crippen LogP contribution is -2.40. The second-order valence-corrected chi connectivity index (χ2v) is 4.76. The molecular weight excluding hydrogens is 290 g/mol. The van der Waals surface area contributed by atoms with Crippen molar-refractivity contribution in [2.75, 3.05) is 6.61 Å². The van der Waals surface area contributed by atoms with Crippen LogP contribution in [0.2, 0.25) is 0 Å². The predicted molar refractivity (Wildman–Crippen MR) is 72.9 cm³/mol. The molecule has 1 saturated heterocycles. The molecular formula is C15H16NO6+. The zero-order valence-corrected chi connectivity index (χ0v) is 11.8. The molecule has 0 saturated carbocycles. The Balaban J connectivity index is 1.88. The van der Waals surface area contributed by atoms with Crippen LogP contribution in [-0.4, -0.2) is 36.0 Å². The van der Waals surface area contributed by atoms with Gasteiger partial charge in [0.25, 0.3) is 6.23 Å². The molecule has 0 spiro atoms. The van der Waals surface area contributed by atoms with E-state index in [1.807, 2.05) is 0 Å². The van der Waals surface area contributed by atoms with Crippen molar-refractivity contribution in [2.24, 2.45) is 0 Å². The molecule has 1 aromatic rings. The second kappa shape index (κ2) is 7.46. The zero-order valence-electron chi connectivity index (χ0n) is 11.8. The average Bonchev–Trinajstić information content (AvgIpc) is 3.00. The number of aldehydes is 1. The lowest BCUT2D eigenvalue weighted by atomic mass is 10.2. The van der Waals surface area contributed by atoms with E-state index in [-0.39, 0.29) is 24.5 Å². The zero-order chi connectivity index (χ0) is 15.9. The van der Waals surface area contributed by atoms with Gasteiger partial charge in [0.15, 0.2) is 12.4 Å². The Morgan fingerprint density at radius 2 is 2.27 bits per heavy atom. The number of aromatic nitrogens is 1. The van der Waals surface area contributed by atoms with E-state index in [2.05, 4.69) is 0 Å². The normalized spacial score (nSPS) is 20.9. The van der Waals surface area contributed by atoms with Gasteiger partial charge in [-0.05, 0) is 18.6 Å². The number of pyridine rings is 1. The van der Waals surface area contributed by atoms with E-state index >= 15 is 0 Å². The number of carbonyl (C=O) groups is 3. The monoisotopic (exact) mass is 306 g/mol. The summed E-state index contributed by atoms with van der Waals surface area (Å²) in [5.74, 6) is -1.60. The summed E-state index contributed by atoms with van der Waals surface area (Å²) in [6, 6.07) is 3.15. The lowest BCUT2D eigenvalue weighted by molar-refractivity contribution is -0.759. The van der Waals surface area contributed by atoms with Gasteiger partial charge < -0.3 is 14.6 Å². The molecule has 7 nitrogen and oxygen atoms in total. The molecule has 0 aliphatic carbocycles. The number of carboxylic acids is 1. The fourth-order valence-electron chi connectivity index (χ4n) is 2.17. The van der Waals surface area contributed by atoms with Crippen molar-refractivity contribution in [2.45, 2.75) is 25.2 Å². The van der Waals surface area contributed by atoms with Crippen LogP contribution in [0.1, 0.15) is 29.4 Å². The highest BCUT2D eigenvalue weighted by Crippen LogP contribution is 2.24. The molecule has 1 fully saturated rings. The van der Waals surface area contributed by atoms with Crippen LogP contribution in [0.4, 0.5) is 0 Å². The van der Waals surface area contributed by atoms with E-state index in [4.69, 9.17) is 14.6 Å². The lowest BCUT2D eigenvalue weighted by Gasteiger charge is -2.10. The Labute approximate surface area is 126 Å². The van der Waals surface area contributed by atoms with Crippen molar-refractivity contribution in [3.05, 3.63) is 42.2 Å². The summed E-state index contributed by atoms with van der Waals surface area (Å²) >= 11 is 0. The van der Waals surface area contributed by atoms with Crippen LogP contribution >= 0.6 is 0 Å². The minimum Gasteiger partial charge on any atom is -0.477 e. The summed E-state index contributed by atoms with van der Waals surface area (Å²) in [4.78, 5) is 32.3. The molecule has 1 aliphatic heterocycles. The molecule has 2 rings (SSSR count). The van der Waals surface area contributed by atoms with E-state index in [0.29, 0.717) is 19.1 Å². The Kier molecular flexibility index (Phi) is 5.37. The van der Waals surface area contributed by atoms with Gasteiger partial charge in [-0.3, -0.25) is 4.79 Å². The van der Waals surface area contributed by atoms with E-state index in [1.54, 1.807) is 16.8 Å². The van der Waals surface area contributed by atoms with Gasteiger partial charge in [0, 0.05) is 18.6 Å². The summed E-state index contributed by atoms with van der Waals surface area (Å²) < 4.78 is 12.4. The summed E-state index contributed by atoms with van der Waals surface area (Å²) in [6.45, 7) is 0.0950. The van der Waals surface area contributed by atoms with Crippen LogP contribution < -0.4 is 4.57 Å². The number of esters is 1. The van der Waals surface area contributed by atoms with Gasteiger partial charge in [-0.15, -0.1) is 0 Å². The van der Waals surface area contributed by atoms with Gasteiger partial charge in [-0.1, -0.05) is 0 Å². The number of hydrogen-bond acceptors (Lipinski definition) is 5. The fourth-order valence-corrected chi connectivity index (χ4v) is 2.17. The summed E-state index contributed by atoms with van der Waals surface area (Å²) in [7, 11) is 0. The molecule has 0 amide bonds. The molecule has 1 aliphatic rings. The van der Waals surface area contributed by atoms with E-state index < -0.39 is 11.9 Å². The van der Waals surface area contributed by atoms with Crippen molar-refractivity contribution in [3.63, 3.8) is 0 Å². The van der Waals surface area contributed by atoms with Crippen LogP contribution in [0.5, 0.6) is 0 Å². The maximum absolute atomic E-state index is 11.2. The Morgan fingerprint density at radius 1 is 1.45 bits per heavy atom. The number of carbonyl (C=O) groups excluding carboxylic acids is 2. The number of nitrogens with zero attached hydrogens (tertiary/aromatic N) is 1. The predicted octanol–water partition coefficient (Wildman–Crippen LogP) is 0.648. The molecule has 7 heteroatoms. The maximum Gasteiger partial charge on any atom is 0.341 e. The summed E-state index contributed by atoms with van der Waals surface area (Å²) in [5, 5.41) is 8.98. The average molecular weight is 306 g/mol. The first-order valence-corrected chi connectivity index (χ1v) is 6.78. The molecule has 116 valence electrons. The van der Waals surface area contributed by atoms with Crippen molar-refractivity contribution in [1.29, 1.82) is 0 Å². The molecule has 1 aromatic heterocycles. The number of aromatic carboxylic acids is 1. The Morgan fingerprint density at radius 3 is 3.00 bits per heavy atom. The minimum absolute atomic E-state index is 0.0950. The van der Waals surface area contributed by atoms with Gasteiger partial charge in [-0.25, -0.2) is 9.59 Å². The first kappa shape index (κ1) is 15.8. The van der Waals surface area contributed by atoms with Crippen LogP contribution in [0.15, 0.2) is 36.7 Å². The van der Waals surface area contributed by atoms with Crippen molar-refractivity contribution < 1.29 is 33.5 Å². The summed E-state index contributed by atoms with van der Waals surface area (Å²) in [6.07, 6.45) is 6.70. The number of allylic oxidation sites excluding steroid dienone is 1. The van der Waals surface area contributed by atoms with Gasteiger partial charge in [-0.2, -0.15) is 4.57 Å². The first-order chi connectivity index (χ1) is 10.6. The van der Waals surface area contributed by atoms with E-state index in [9.17, 15) is 14.4 Å². The maximum atomic E-state index is 11.2. The number of carboxylic acid groups (broad SMARTS) is 1. The van der Waals surface area contributed by atoms with Gasteiger partial charge in [0.1, 0.15) is 18.5 Å². The van der Waals surface area contributed by atoms with Crippen molar-refractivity contribution in [1.82, 2.24) is 0 Å². The second-order valence-electron chi connectivity index (χ2n) is 4.76. The van der Waals surface area contributed by atoms with Crippen LogP contribution in [0.3, 0.4) is 0 Å². The first-order valence-electron chi connectivity index (χ1n) is 6.78. The third kappa shape index (κ3) is 4.23. The topological polar surface area (TPSA) is 93.8 Å². The minimum atomic E-state index is -1.00. The Bertz CT molecular complexity index is 597. The smallest absolute Gasteiger partial charge is 0.341 e. The summed E-state index contributed by atoms with van der Waals surface area (Å²) in [5.41, 5.74) is 0.181. The van der Waals surface area contributed by atoms with Crippen molar-refractivity contribution in [3.8, 4) is 0 Å². The molecule has 1 N–H and O–H groups in total. The van der Waals surface area contributed by atoms with E-state index in [0.717, 1.165) is 12.2 Å². The quantitative estimate of drug-likeness (QED) is 0.359. The van der Waals surface area contributed by atoms with Crippen LogP contribution in [0, 0.1) is 0 Å².